The predicted molar refractivity (Wildman–Crippen MR) is 146 cm³/mol. The molecule has 0 aliphatic heterocycles. The van der Waals surface area contributed by atoms with Crippen LogP contribution in [0.5, 0.6) is 0 Å². The normalized spacial score (nSPS) is 11.0. The Kier molecular flexibility index (Phi) is 9.08. The molecule has 0 saturated carbocycles. The van der Waals surface area contributed by atoms with Gasteiger partial charge in [-0.1, -0.05) is 24.3 Å². The van der Waals surface area contributed by atoms with Crippen LogP contribution in [0.2, 0.25) is 0 Å². The second kappa shape index (κ2) is 12.9. The molecular weight excluding hydrogens is 504 g/mol. The number of pyridine rings is 1. The Morgan fingerprint density at radius 1 is 1.00 bits per heavy atom. The molecule has 2 amide bonds. The van der Waals surface area contributed by atoms with Gasteiger partial charge in [0.1, 0.15) is 11.6 Å². The van der Waals surface area contributed by atoms with Crippen LogP contribution in [-0.4, -0.2) is 39.0 Å². The van der Waals surface area contributed by atoms with E-state index in [9.17, 15) is 18.4 Å². The zero-order chi connectivity index (χ0) is 27.8. The van der Waals surface area contributed by atoms with E-state index in [0.29, 0.717) is 30.3 Å². The number of nitrogens with zero attached hydrogens (tertiary/aromatic N) is 3. The summed E-state index contributed by atoms with van der Waals surface area (Å²) in [6.07, 6.45) is 5.87. The number of anilines is 2. The molecule has 0 radical (unpaired) electrons. The van der Waals surface area contributed by atoms with Crippen molar-refractivity contribution >= 4 is 17.7 Å². The summed E-state index contributed by atoms with van der Waals surface area (Å²) >= 11 is 0. The average Bonchev–Trinajstić information content (AvgIpc) is 2.91. The topological polar surface area (TPSA) is 129 Å². The SMILES string of the molecule is Cc1cc(NC(=O)Nc2nc(=O)c(-c3ccc(CN(CCCN)Cc4ccncc4)cc3)c[nH]2)c(F)cc1F. The van der Waals surface area contributed by atoms with Gasteiger partial charge in [0.25, 0.3) is 5.56 Å². The number of aryl methyl sites for hydroxylation is 1. The van der Waals surface area contributed by atoms with Crippen molar-refractivity contribution in [3.63, 3.8) is 0 Å². The number of carbonyl (C=O) groups excluding carboxylic acids is 1. The van der Waals surface area contributed by atoms with Gasteiger partial charge < -0.3 is 16.0 Å². The first-order valence-corrected chi connectivity index (χ1v) is 12.4. The zero-order valence-electron chi connectivity index (χ0n) is 21.4. The number of hydrogen-bond acceptors (Lipinski definition) is 6. The van der Waals surface area contributed by atoms with Gasteiger partial charge in [-0.3, -0.25) is 20.0 Å². The number of amides is 2. The minimum absolute atomic E-state index is 0.122. The molecule has 39 heavy (non-hydrogen) atoms. The van der Waals surface area contributed by atoms with Gasteiger partial charge in [0.05, 0.1) is 11.3 Å². The second-order valence-electron chi connectivity index (χ2n) is 9.03. The van der Waals surface area contributed by atoms with Crippen molar-refractivity contribution in [2.24, 2.45) is 5.73 Å². The van der Waals surface area contributed by atoms with Crippen LogP contribution in [0.3, 0.4) is 0 Å². The molecule has 0 unspecified atom stereocenters. The number of urea groups is 1. The van der Waals surface area contributed by atoms with Crippen LogP contribution in [0.1, 0.15) is 23.1 Å². The number of nitrogens with two attached hydrogens (primary N) is 1. The summed E-state index contributed by atoms with van der Waals surface area (Å²) in [7, 11) is 0. The first-order valence-electron chi connectivity index (χ1n) is 12.4. The highest BCUT2D eigenvalue weighted by Crippen LogP contribution is 2.20. The monoisotopic (exact) mass is 533 g/mol. The van der Waals surface area contributed by atoms with E-state index in [2.05, 4.69) is 30.5 Å². The highest BCUT2D eigenvalue weighted by molar-refractivity contribution is 5.98. The van der Waals surface area contributed by atoms with Crippen LogP contribution >= 0.6 is 0 Å². The van der Waals surface area contributed by atoms with E-state index in [1.807, 2.05) is 36.4 Å². The van der Waals surface area contributed by atoms with Crippen LogP contribution < -0.4 is 21.9 Å². The standard InChI is InChI=1S/C28H29F2N7O2/c1-18-13-25(24(30)14-23(18)29)34-28(39)36-27-33-15-22(26(38)35-27)21-5-3-19(4-6-21)16-37(12-2-9-31)17-20-7-10-32-11-8-20/h3-8,10-11,13-15H,2,9,12,16-17,31H2,1H3,(H3,33,34,35,36,38,39). The minimum atomic E-state index is -0.923. The van der Waals surface area contributed by atoms with Gasteiger partial charge in [-0.25, -0.2) is 13.6 Å². The number of nitrogens with one attached hydrogen (secondary N) is 3. The van der Waals surface area contributed by atoms with Crippen LogP contribution in [0, 0.1) is 18.6 Å². The van der Waals surface area contributed by atoms with Crippen molar-refractivity contribution in [1.82, 2.24) is 19.9 Å². The van der Waals surface area contributed by atoms with E-state index in [4.69, 9.17) is 5.73 Å². The van der Waals surface area contributed by atoms with Gasteiger partial charge >= 0.3 is 6.03 Å². The molecule has 0 atom stereocenters. The summed E-state index contributed by atoms with van der Waals surface area (Å²) in [5.74, 6) is -1.76. The molecule has 0 aliphatic rings. The molecule has 0 spiro atoms. The number of halogens is 2. The Morgan fingerprint density at radius 2 is 1.69 bits per heavy atom. The van der Waals surface area contributed by atoms with E-state index in [-0.39, 0.29) is 17.2 Å². The Balaban J connectivity index is 1.41. The maximum absolute atomic E-state index is 13.9. The van der Waals surface area contributed by atoms with Crippen molar-refractivity contribution in [1.29, 1.82) is 0 Å². The molecule has 2 heterocycles. The first-order chi connectivity index (χ1) is 18.8. The Hall–Kier alpha value is -4.48. The van der Waals surface area contributed by atoms with Crippen LogP contribution in [-0.2, 0) is 13.1 Å². The lowest BCUT2D eigenvalue weighted by Gasteiger charge is -2.22. The lowest BCUT2D eigenvalue weighted by molar-refractivity contribution is 0.255. The van der Waals surface area contributed by atoms with Crippen LogP contribution in [0.25, 0.3) is 11.1 Å². The highest BCUT2D eigenvalue weighted by atomic mass is 19.1. The number of aromatic amines is 1. The minimum Gasteiger partial charge on any atom is -0.331 e. The molecule has 11 heteroatoms. The molecule has 5 N–H and O–H groups in total. The van der Waals surface area contributed by atoms with E-state index in [0.717, 1.165) is 30.6 Å². The summed E-state index contributed by atoms with van der Waals surface area (Å²) in [5, 5.41) is 4.62. The molecule has 0 saturated heterocycles. The predicted octanol–water partition coefficient (Wildman–Crippen LogP) is 4.41. The maximum Gasteiger partial charge on any atom is 0.326 e. The smallest absolute Gasteiger partial charge is 0.326 e. The maximum atomic E-state index is 13.9. The highest BCUT2D eigenvalue weighted by Gasteiger charge is 2.13. The second-order valence-corrected chi connectivity index (χ2v) is 9.03. The third-order valence-electron chi connectivity index (χ3n) is 6.03. The number of aromatic nitrogens is 3. The van der Waals surface area contributed by atoms with Gasteiger partial charge in [0, 0.05) is 44.3 Å². The van der Waals surface area contributed by atoms with E-state index in [1.165, 1.54) is 19.2 Å². The Labute approximate surface area is 224 Å². The Morgan fingerprint density at radius 3 is 2.36 bits per heavy atom. The molecule has 0 fully saturated rings. The molecule has 0 bridgehead atoms. The molecule has 4 rings (SSSR count). The fraction of sp³-hybridized carbons (Fsp3) is 0.214. The third-order valence-corrected chi connectivity index (χ3v) is 6.03. The first kappa shape index (κ1) is 27.6. The van der Waals surface area contributed by atoms with E-state index < -0.39 is 23.2 Å². The van der Waals surface area contributed by atoms with Crippen molar-refractivity contribution in [3.8, 4) is 11.1 Å². The number of benzene rings is 2. The van der Waals surface area contributed by atoms with Gasteiger partial charge in [0.2, 0.25) is 5.95 Å². The zero-order valence-corrected chi connectivity index (χ0v) is 21.4. The van der Waals surface area contributed by atoms with Crippen molar-refractivity contribution in [2.45, 2.75) is 26.4 Å². The largest absolute Gasteiger partial charge is 0.331 e. The average molecular weight is 534 g/mol. The molecule has 9 nitrogen and oxygen atoms in total. The lowest BCUT2D eigenvalue weighted by Crippen LogP contribution is -2.25. The van der Waals surface area contributed by atoms with Crippen molar-refractivity contribution < 1.29 is 13.6 Å². The summed E-state index contributed by atoms with van der Waals surface area (Å²) in [5.41, 5.74) is 8.36. The fourth-order valence-electron chi connectivity index (χ4n) is 4.00. The lowest BCUT2D eigenvalue weighted by atomic mass is 10.1. The number of carbonyl (C=O) groups is 1. The van der Waals surface area contributed by atoms with Crippen LogP contribution in [0.15, 0.2) is 71.9 Å². The quantitative estimate of drug-likeness (QED) is 0.239. The van der Waals surface area contributed by atoms with Crippen molar-refractivity contribution in [2.75, 3.05) is 23.7 Å². The fourth-order valence-corrected chi connectivity index (χ4v) is 4.00. The summed E-state index contributed by atoms with van der Waals surface area (Å²) in [6.45, 7) is 4.38. The molecule has 0 aliphatic carbocycles. The van der Waals surface area contributed by atoms with Gasteiger partial charge in [-0.05, 0) is 60.3 Å². The number of H-pyrrole nitrogens is 1. The van der Waals surface area contributed by atoms with Crippen molar-refractivity contribution in [3.05, 3.63) is 106 Å². The summed E-state index contributed by atoms with van der Waals surface area (Å²) in [6, 6.07) is 12.6. The summed E-state index contributed by atoms with van der Waals surface area (Å²) < 4.78 is 27.4. The Bertz CT molecular complexity index is 1480. The van der Waals surface area contributed by atoms with E-state index in [1.54, 1.807) is 12.4 Å². The molecule has 202 valence electrons. The van der Waals surface area contributed by atoms with Gasteiger partial charge in [-0.15, -0.1) is 0 Å². The van der Waals surface area contributed by atoms with Gasteiger partial charge in [-0.2, -0.15) is 4.98 Å². The molecule has 2 aromatic heterocycles. The summed E-state index contributed by atoms with van der Waals surface area (Å²) in [4.78, 5) is 37.9. The van der Waals surface area contributed by atoms with Gasteiger partial charge in [0.15, 0.2) is 0 Å². The molecular formula is C28H29F2N7O2. The third kappa shape index (κ3) is 7.53. The number of hydrogen-bond donors (Lipinski definition) is 4. The van der Waals surface area contributed by atoms with E-state index >= 15 is 0 Å². The molecule has 4 aromatic rings. The van der Waals surface area contributed by atoms with Crippen LogP contribution in [0.4, 0.5) is 25.2 Å². The number of rotatable bonds is 10. The molecule has 2 aromatic carbocycles.